The molecule has 0 aliphatic rings. The third kappa shape index (κ3) is 4.87. The lowest BCUT2D eigenvalue weighted by Crippen LogP contribution is -2.26. The van der Waals surface area contributed by atoms with E-state index < -0.39 is 0 Å². The summed E-state index contributed by atoms with van der Waals surface area (Å²) in [4.78, 5) is 11.7. The summed E-state index contributed by atoms with van der Waals surface area (Å²) in [6.45, 7) is 0.667. The Hall–Kier alpha value is -1.62. The summed E-state index contributed by atoms with van der Waals surface area (Å²) >= 11 is 3.37. The van der Waals surface area contributed by atoms with Crippen molar-refractivity contribution in [2.45, 2.75) is 19.3 Å². The predicted molar refractivity (Wildman–Crippen MR) is 75.7 cm³/mol. The Bertz CT molecular complexity index is 509. The van der Waals surface area contributed by atoms with Gasteiger partial charge in [-0.25, -0.2) is 0 Å². The van der Waals surface area contributed by atoms with Crippen LogP contribution >= 0.6 is 15.9 Å². The highest BCUT2D eigenvalue weighted by atomic mass is 79.9. The maximum Gasteiger partial charge on any atom is 0.224 e. The molecule has 19 heavy (non-hydrogen) atoms. The molecule has 0 bridgehead atoms. The van der Waals surface area contributed by atoms with Gasteiger partial charge in [0.05, 0.1) is 12.6 Å². The maximum absolute atomic E-state index is 11.7. The summed E-state index contributed by atoms with van der Waals surface area (Å²) in [5.74, 6) is 0.0487. The first-order chi connectivity index (χ1) is 9.24. The third-order valence-corrected chi connectivity index (χ3v) is 3.25. The molecule has 2 rings (SSSR count). The summed E-state index contributed by atoms with van der Waals surface area (Å²) in [6, 6.07) is 7.77. The zero-order chi connectivity index (χ0) is 13.5. The normalized spacial score (nSPS) is 10.4. The van der Waals surface area contributed by atoms with Gasteiger partial charge in [-0.3, -0.25) is 4.79 Å². The van der Waals surface area contributed by atoms with Crippen LogP contribution in [-0.4, -0.2) is 17.6 Å². The molecule has 4 nitrogen and oxygen atoms in total. The lowest BCUT2D eigenvalue weighted by Gasteiger charge is -2.04. The van der Waals surface area contributed by atoms with Crippen molar-refractivity contribution in [2.75, 3.05) is 6.54 Å². The molecule has 1 aromatic heterocycles. The van der Waals surface area contributed by atoms with Gasteiger partial charge in [-0.1, -0.05) is 33.2 Å². The molecule has 1 heterocycles. The van der Waals surface area contributed by atoms with Crippen LogP contribution in [0.3, 0.4) is 0 Å². The van der Waals surface area contributed by atoms with E-state index in [4.69, 9.17) is 4.52 Å². The molecule has 0 fully saturated rings. The van der Waals surface area contributed by atoms with Crippen molar-refractivity contribution < 1.29 is 9.32 Å². The molecule has 0 aliphatic carbocycles. The molecule has 1 amide bonds. The molecular formula is C14H15BrN2O2. The molecule has 0 saturated carbocycles. The van der Waals surface area contributed by atoms with Crippen molar-refractivity contribution in [3.63, 3.8) is 0 Å². The Balaban J connectivity index is 1.65. The summed E-state index contributed by atoms with van der Waals surface area (Å²) in [6.07, 6.45) is 5.49. The zero-order valence-corrected chi connectivity index (χ0v) is 12.0. The minimum atomic E-state index is 0.0487. The largest absolute Gasteiger partial charge is 0.364 e. The van der Waals surface area contributed by atoms with Gasteiger partial charge in [-0.15, -0.1) is 0 Å². The van der Waals surface area contributed by atoms with Gasteiger partial charge in [0.1, 0.15) is 6.26 Å². The number of hydrogen-bond donors (Lipinski definition) is 1. The molecule has 5 heteroatoms. The van der Waals surface area contributed by atoms with E-state index in [0.29, 0.717) is 13.0 Å². The predicted octanol–water partition coefficient (Wildman–Crippen LogP) is 2.73. The van der Waals surface area contributed by atoms with E-state index >= 15 is 0 Å². The van der Waals surface area contributed by atoms with Crippen molar-refractivity contribution >= 4 is 21.8 Å². The van der Waals surface area contributed by atoms with E-state index in [1.54, 1.807) is 12.5 Å². The molecule has 0 saturated heterocycles. The number of nitrogens with one attached hydrogen (secondary N) is 1. The minimum absolute atomic E-state index is 0.0487. The van der Waals surface area contributed by atoms with Crippen LogP contribution in [0.25, 0.3) is 0 Å². The maximum atomic E-state index is 11.7. The van der Waals surface area contributed by atoms with Gasteiger partial charge < -0.3 is 9.84 Å². The number of rotatable bonds is 6. The van der Waals surface area contributed by atoms with Crippen molar-refractivity contribution in [3.8, 4) is 0 Å². The van der Waals surface area contributed by atoms with Crippen molar-refractivity contribution in [1.82, 2.24) is 10.5 Å². The standard InChI is InChI=1S/C14H15BrN2O2/c15-13-5-3-11(4-6-13)8-14(18)16-7-1-2-12-9-17-19-10-12/h3-6,9-10H,1-2,7-8H2,(H,16,18). The fraction of sp³-hybridized carbons (Fsp3) is 0.286. The topological polar surface area (TPSA) is 55.1 Å². The number of aromatic nitrogens is 1. The van der Waals surface area contributed by atoms with Crippen molar-refractivity contribution in [2.24, 2.45) is 0 Å². The SMILES string of the molecule is O=C(Cc1ccc(Br)cc1)NCCCc1cnoc1. The van der Waals surface area contributed by atoms with Gasteiger partial charge in [0.25, 0.3) is 0 Å². The molecule has 2 aromatic rings. The second-order valence-corrected chi connectivity index (χ2v) is 5.21. The van der Waals surface area contributed by atoms with Crippen molar-refractivity contribution in [1.29, 1.82) is 0 Å². The number of carbonyl (C=O) groups excluding carboxylic acids is 1. The van der Waals surface area contributed by atoms with E-state index in [1.807, 2.05) is 24.3 Å². The van der Waals surface area contributed by atoms with Gasteiger partial charge in [-0.05, 0) is 30.5 Å². The van der Waals surface area contributed by atoms with E-state index in [1.165, 1.54) is 0 Å². The van der Waals surface area contributed by atoms with Crippen LogP contribution in [0.1, 0.15) is 17.5 Å². The highest BCUT2D eigenvalue weighted by molar-refractivity contribution is 9.10. The molecule has 0 atom stereocenters. The smallest absolute Gasteiger partial charge is 0.224 e. The highest BCUT2D eigenvalue weighted by Gasteiger charge is 2.03. The van der Waals surface area contributed by atoms with Gasteiger partial charge in [0, 0.05) is 16.6 Å². The molecule has 100 valence electrons. The number of amides is 1. The number of carbonyl (C=O) groups is 1. The second-order valence-electron chi connectivity index (χ2n) is 4.29. The first-order valence-corrected chi connectivity index (χ1v) is 6.93. The van der Waals surface area contributed by atoms with Crippen molar-refractivity contribution in [3.05, 3.63) is 52.3 Å². The summed E-state index contributed by atoms with van der Waals surface area (Å²) < 4.78 is 5.76. The quantitative estimate of drug-likeness (QED) is 0.832. The van der Waals surface area contributed by atoms with E-state index in [-0.39, 0.29) is 5.91 Å². The van der Waals surface area contributed by atoms with Crippen LogP contribution < -0.4 is 5.32 Å². The first-order valence-electron chi connectivity index (χ1n) is 6.13. The minimum Gasteiger partial charge on any atom is -0.364 e. The Morgan fingerprint density at radius 1 is 1.26 bits per heavy atom. The number of benzene rings is 1. The van der Waals surface area contributed by atoms with Crippen LogP contribution in [0.2, 0.25) is 0 Å². The molecular weight excluding hydrogens is 308 g/mol. The first kappa shape index (κ1) is 13.8. The average Bonchev–Trinajstić information content (AvgIpc) is 2.91. The molecule has 1 aromatic carbocycles. The van der Waals surface area contributed by atoms with E-state index in [0.717, 1.165) is 28.4 Å². The highest BCUT2D eigenvalue weighted by Crippen LogP contribution is 2.10. The lowest BCUT2D eigenvalue weighted by atomic mass is 10.1. The number of nitrogens with zero attached hydrogens (tertiary/aromatic N) is 1. The number of halogens is 1. The Labute approximate surface area is 120 Å². The summed E-state index contributed by atoms with van der Waals surface area (Å²) in [7, 11) is 0. The summed E-state index contributed by atoms with van der Waals surface area (Å²) in [5.41, 5.74) is 2.07. The fourth-order valence-corrected chi connectivity index (χ4v) is 1.98. The monoisotopic (exact) mass is 322 g/mol. The third-order valence-electron chi connectivity index (χ3n) is 2.73. The molecule has 0 radical (unpaired) electrons. The Morgan fingerprint density at radius 3 is 2.74 bits per heavy atom. The average molecular weight is 323 g/mol. The van der Waals surface area contributed by atoms with Gasteiger partial charge in [-0.2, -0.15) is 0 Å². The number of hydrogen-bond acceptors (Lipinski definition) is 3. The van der Waals surface area contributed by atoms with Crippen LogP contribution in [0.15, 0.2) is 45.7 Å². The molecule has 1 N–H and O–H groups in total. The second kappa shape index (κ2) is 7.09. The Kier molecular flexibility index (Phi) is 5.15. The van der Waals surface area contributed by atoms with Gasteiger partial charge >= 0.3 is 0 Å². The van der Waals surface area contributed by atoms with Gasteiger partial charge in [0.15, 0.2) is 0 Å². The van der Waals surface area contributed by atoms with Crippen LogP contribution in [0.4, 0.5) is 0 Å². The van der Waals surface area contributed by atoms with Crippen LogP contribution in [0.5, 0.6) is 0 Å². The molecule has 0 aliphatic heterocycles. The van der Waals surface area contributed by atoms with E-state index in [2.05, 4.69) is 26.4 Å². The Morgan fingerprint density at radius 2 is 2.05 bits per heavy atom. The zero-order valence-electron chi connectivity index (χ0n) is 10.4. The van der Waals surface area contributed by atoms with E-state index in [9.17, 15) is 4.79 Å². The number of aryl methyl sites for hydroxylation is 1. The molecule has 0 unspecified atom stereocenters. The lowest BCUT2D eigenvalue weighted by molar-refractivity contribution is -0.120. The fourth-order valence-electron chi connectivity index (χ4n) is 1.72. The van der Waals surface area contributed by atoms with Crippen LogP contribution in [0, 0.1) is 0 Å². The summed E-state index contributed by atoms with van der Waals surface area (Å²) in [5, 5.41) is 6.54. The van der Waals surface area contributed by atoms with Gasteiger partial charge in [0.2, 0.25) is 5.91 Å². The van der Waals surface area contributed by atoms with Crippen LogP contribution in [-0.2, 0) is 17.6 Å². The molecule has 0 spiro atoms.